The minimum absolute atomic E-state index is 0.0346. The van der Waals surface area contributed by atoms with Gasteiger partial charge >= 0.3 is 6.03 Å². The molecule has 6 aliphatic rings. The highest BCUT2D eigenvalue weighted by molar-refractivity contribution is 5.98. The van der Waals surface area contributed by atoms with Gasteiger partial charge in [-0.1, -0.05) is 26.0 Å². The second kappa shape index (κ2) is 10.7. The number of piperazine rings is 1. The zero-order chi connectivity index (χ0) is 29.0. The van der Waals surface area contributed by atoms with Gasteiger partial charge in [-0.05, 0) is 80.0 Å². The molecule has 9 heteroatoms. The number of para-hydroxylation sites is 2. The topological polar surface area (TPSA) is 98.0 Å². The maximum absolute atomic E-state index is 13.8. The van der Waals surface area contributed by atoms with Gasteiger partial charge in [0.1, 0.15) is 5.82 Å². The normalized spacial score (nSPS) is 30.5. The van der Waals surface area contributed by atoms with Gasteiger partial charge in [0.25, 0.3) is 0 Å². The Labute approximate surface area is 249 Å². The van der Waals surface area contributed by atoms with Crippen LogP contribution in [0.15, 0.2) is 42.6 Å². The van der Waals surface area contributed by atoms with Gasteiger partial charge in [0, 0.05) is 57.3 Å². The van der Waals surface area contributed by atoms with Gasteiger partial charge in [-0.25, -0.2) is 9.78 Å². The van der Waals surface area contributed by atoms with Crippen molar-refractivity contribution in [3.8, 4) is 0 Å². The Morgan fingerprint density at radius 2 is 1.67 bits per heavy atom. The molecular weight excluding hydrogens is 526 g/mol. The van der Waals surface area contributed by atoms with E-state index in [1.54, 1.807) is 0 Å². The molecule has 1 saturated heterocycles. The molecule has 9 nitrogen and oxygen atoms in total. The molecule has 42 heavy (non-hydrogen) atoms. The van der Waals surface area contributed by atoms with E-state index < -0.39 is 0 Å². The SMILES string of the molecule is CC(C)CN1CCN(c2ccc(N3CCN(C(=O)N[C@H]4C5CC6CC4C[C@@](C(N)=O)(C6)C5)c4ccccc43)nc2)CC1. The van der Waals surface area contributed by atoms with Crippen LogP contribution in [0.25, 0.3) is 0 Å². The molecular formula is C33H45N7O2. The summed E-state index contributed by atoms with van der Waals surface area (Å²) < 4.78 is 0. The van der Waals surface area contributed by atoms with E-state index in [9.17, 15) is 9.59 Å². The number of rotatable bonds is 6. The quantitative estimate of drug-likeness (QED) is 0.539. The Balaban J connectivity index is 1.03. The number of carbonyl (C=O) groups excluding carboxylic acids is 2. The first-order chi connectivity index (χ1) is 20.3. The van der Waals surface area contributed by atoms with Gasteiger partial charge in [0.15, 0.2) is 0 Å². The lowest BCUT2D eigenvalue weighted by Gasteiger charge is -2.59. The van der Waals surface area contributed by atoms with Crippen LogP contribution in [0.3, 0.4) is 0 Å². The maximum Gasteiger partial charge on any atom is 0.322 e. The van der Waals surface area contributed by atoms with Crippen molar-refractivity contribution in [1.82, 2.24) is 15.2 Å². The van der Waals surface area contributed by atoms with Gasteiger partial charge in [0.2, 0.25) is 5.91 Å². The number of anilines is 4. The Hall–Kier alpha value is -3.33. The van der Waals surface area contributed by atoms with Gasteiger partial charge in [-0.15, -0.1) is 0 Å². The van der Waals surface area contributed by atoms with Crippen LogP contribution in [0.4, 0.5) is 27.7 Å². The molecule has 1 aromatic carbocycles. The van der Waals surface area contributed by atoms with Gasteiger partial charge in [-0.2, -0.15) is 0 Å². The second-order valence-electron chi connectivity index (χ2n) is 13.9. The van der Waals surface area contributed by atoms with Crippen LogP contribution in [0.2, 0.25) is 0 Å². The summed E-state index contributed by atoms with van der Waals surface area (Å²) in [4.78, 5) is 40.2. The third kappa shape index (κ3) is 4.89. The van der Waals surface area contributed by atoms with E-state index in [0.717, 1.165) is 82.0 Å². The van der Waals surface area contributed by atoms with E-state index in [1.165, 1.54) is 5.69 Å². The van der Waals surface area contributed by atoms with Gasteiger partial charge in [-0.3, -0.25) is 14.6 Å². The molecule has 8 rings (SSSR count). The van der Waals surface area contributed by atoms with Gasteiger partial charge in [0.05, 0.1) is 23.3 Å². The van der Waals surface area contributed by atoms with Crippen molar-refractivity contribution < 1.29 is 9.59 Å². The molecule has 4 saturated carbocycles. The fourth-order valence-electron chi connectivity index (χ4n) is 9.02. The predicted octanol–water partition coefficient (Wildman–Crippen LogP) is 4.21. The Bertz CT molecular complexity index is 1310. The molecule has 4 aliphatic carbocycles. The predicted molar refractivity (Wildman–Crippen MR) is 166 cm³/mol. The molecule has 2 unspecified atom stereocenters. The molecule has 4 bridgehead atoms. The zero-order valence-electron chi connectivity index (χ0n) is 25.0. The first kappa shape index (κ1) is 27.5. The Kier molecular flexibility index (Phi) is 7.03. The number of hydrogen-bond acceptors (Lipinski definition) is 6. The number of nitrogens with zero attached hydrogens (tertiary/aromatic N) is 5. The molecule has 2 aliphatic heterocycles. The third-order valence-electron chi connectivity index (χ3n) is 10.7. The standard InChI is InChI=1S/C33H45N7O2/c1-22(2)21-37-9-11-38(12-10-37)26-7-8-29(35-20-26)39-13-14-40(28-6-4-3-5-27(28)39)32(42)36-30-24-15-23-16-25(30)19-33(17-23,18-24)31(34)41/h3-8,20,22-25,30H,9-19,21H2,1-2H3,(H2,34,41)(H,36,42)/t23?,24?,25?,30-,33+. The van der Waals surface area contributed by atoms with Crippen molar-refractivity contribution in [3.05, 3.63) is 42.6 Å². The molecule has 5 fully saturated rings. The summed E-state index contributed by atoms with van der Waals surface area (Å²) in [7, 11) is 0. The minimum atomic E-state index is -0.347. The molecule has 0 spiro atoms. The molecule has 2 aromatic rings. The van der Waals surface area contributed by atoms with E-state index >= 15 is 0 Å². The smallest absolute Gasteiger partial charge is 0.322 e. The van der Waals surface area contributed by atoms with Crippen LogP contribution < -0.4 is 25.8 Å². The third-order valence-corrected chi connectivity index (χ3v) is 10.7. The molecule has 2 atom stereocenters. The molecule has 3 heterocycles. The summed E-state index contributed by atoms with van der Waals surface area (Å²) >= 11 is 0. The van der Waals surface area contributed by atoms with Crippen molar-refractivity contribution in [2.24, 2.45) is 34.8 Å². The molecule has 3 amide bonds. The molecule has 3 N–H and O–H groups in total. The van der Waals surface area contributed by atoms with Crippen molar-refractivity contribution in [2.75, 3.05) is 60.5 Å². The molecule has 1 aromatic heterocycles. The van der Waals surface area contributed by atoms with E-state index in [1.807, 2.05) is 29.3 Å². The number of aromatic nitrogens is 1. The summed E-state index contributed by atoms with van der Waals surface area (Å²) in [5.41, 5.74) is 8.62. The van der Waals surface area contributed by atoms with Crippen molar-refractivity contribution in [1.29, 1.82) is 0 Å². The summed E-state index contributed by atoms with van der Waals surface area (Å²) in [6, 6.07) is 12.5. The number of nitrogens with one attached hydrogen (secondary N) is 1. The number of hydrogen-bond donors (Lipinski definition) is 2. The van der Waals surface area contributed by atoms with Gasteiger partial charge < -0.3 is 20.9 Å². The number of benzene rings is 1. The summed E-state index contributed by atoms with van der Waals surface area (Å²) in [5, 5.41) is 3.43. The lowest BCUT2D eigenvalue weighted by atomic mass is 9.47. The average Bonchev–Trinajstić information content (AvgIpc) is 2.98. The molecule has 0 radical (unpaired) electrons. The summed E-state index contributed by atoms with van der Waals surface area (Å²) in [6.45, 7) is 11.2. The fourth-order valence-corrected chi connectivity index (χ4v) is 9.02. The Morgan fingerprint density at radius 1 is 0.952 bits per heavy atom. The van der Waals surface area contributed by atoms with Crippen molar-refractivity contribution in [2.45, 2.75) is 52.0 Å². The monoisotopic (exact) mass is 571 g/mol. The minimum Gasteiger partial charge on any atom is -0.369 e. The van der Waals surface area contributed by atoms with Crippen molar-refractivity contribution in [3.63, 3.8) is 0 Å². The highest BCUT2D eigenvalue weighted by atomic mass is 16.2. The lowest BCUT2D eigenvalue weighted by molar-refractivity contribution is -0.145. The highest BCUT2D eigenvalue weighted by Crippen LogP contribution is 2.60. The largest absolute Gasteiger partial charge is 0.369 e. The average molecular weight is 572 g/mol. The number of primary amides is 1. The van der Waals surface area contributed by atoms with Crippen LogP contribution >= 0.6 is 0 Å². The summed E-state index contributed by atoms with van der Waals surface area (Å²) in [5.74, 6) is 2.71. The van der Waals surface area contributed by atoms with E-state index in [-0.39, 0.29) is 23.4 Å². The second-order valence-corrected chi connectivity index (χ2v) is 13.9. The fraction of sp³-hybridized carbons (Fsp3) is 0.606. The number of amides is 3. The van der Waals surface area contributed by atoms with Crippen LogP contribution in [0, 0.1) is 29.1 Å². The van der Waals surface area contributed by atoms with Crippen LogP contribution in [0.1, 0.15) is 46.0 Å². The number of nitrogens with two attached hydrogens (primary N) is 1. The van der Waals surface area contributed by atoms with E-state index in [4.69, 9.17) is 10.7 Å². The first-order valence-corrected chi connectivity index (χ1v) is 16.0. The Morgan fingerprint density at radius 3 is 2.31 bits per heavy atom. The first-order valence-electron chi connectivity index (χ1n) is 16.0. The van der Waals surface area contributed by atoms with Crippen LogP contribution in [-0.2, 0) is 4.79 Å². The number of urea groups is 1. The van der Waals surface area contributed by atoms with E-state index in [2.05, 4.69) is 52.1 Å². The van der Waals surface area contributed by atoms with E-state index in [0.29, 0.717) is 36.8 Å². The summed E-state index contributed by atoms with van der Waals surface area (Å²) in [6.07, 6.45) is 6.77. The maximum atomic E-state index is 13.8. The highest BCUT2D eigenvalue weighted by Gasteiger charge is 2.58. The zero-order valence-corrected chi connectivity index (χ0v) is 25.0. The van der Waals surface area contributed by atoms with Crippen LogP contribution in [-0.4, -0.2) is 73.7 Å². The number of pyridine rings is 1. The lowest BCUT2D eigenvalue weighted by Crippen LogP contribution is -2.63. The number of carbonyl (C=O) groups is 2. The molecule has 224 valence electrons. The van der Waals surface area contributed by atoms with Crippen LogP contribution in [0.5, 0.6) is 0 Å². The number of fused-ring (bicyclic) bond motifs is 1. The van der Waals surface area contributed by atoms with Crippen molar-refractivity contribution >= 4 is 34.8 Å².